The van der Waals surface area contributed by atoms with Crippen molar-refractivity contribution in [3.8, 4) is 0 Å². The molecular formula is C5H6N6. The molecule has 0 radical (unpaired) electrons. The number of anilines is 2. The first kappa shape index (κ1) is 5.90. The minimum atomic E-state index is 0.200. The van der Waals surface area contributed by atoms with E-state index in [1.165, 1.54) is 0 Å². The van der Waals surface area contributed by atoms with Gasteiger partial charge in [0.15, 0.2) is 5.82 Å². The van der Waals surface area contributed by atoms with Crippen LogP contribution in [0.15, 0.2) is 6.20 Å². The number of aromatic amines is 1. The third-order valence-corrected chi connectivity index (χ3v) is 1.35. The van der Waals surface area contributed by atoms with Crippen LogP contribution in [-0.2, 0) is 0 Å². The summed E-state index contributed by atoms with van der Waals surface area (Å²) in [6, 6.07) is 0. The van der Waals surface area contributed by atoms with E-state index in [1.54, 1.807) is 6.20 Å². The predicted octanol–water partition coefficient (Wildman–Crippen LogP) is -0.483. The maximum atomic E-state index is 5.46. The van der Waals surface area contributed by atoms with Crippen LogP contribution in [0.4, 0.5) is 11.8 Å². The van der Waals surface area contributed by atoms with Gasteiger partial charge in [-0.05, 0) is 0 Å². The summed E-state index contributed by atoms with van der Waals surface area (Å²) in [5.74, 6) is 0.541. The van der Waals surface area contributed by atoms with E-state index in [1.807, 2.05) is 0 Å². The maximum absolute atomic E-state index is 5.46. The zero-order valence-electron chi connectivity index (χ0n) is 5.57. The zero-order valence-corrected chi connectivity index (χ0v) is 5.57. The standard InChI is InChI=1S/C5H6N6/c6-4-3-2(10-11-4)1-8-5(7)9-3/h1H,(H3,6,10,11)(H2,7,8,9). The van der Waals surface area contributed by atoms with Gasteiger partial charge in [0.25, 0.3) is 0 Å². The fourth-order valence-electron chi connectivity index (χ4n) is 0.846. The number of fused-ring (bicyclic) bond motifs is 1. The van der Waals surface area contributed by atoms with Crippen LogP contribution in [0.5, 0.6) is 0 Å². The fraction of sp³-hybridized carbons (Fsp3) is 0. The fourth-order valence-corrected chi connectivity index (χ4v) is 0.846. The van der Waals surface area contributed by atoms with Crippen LogP contribution in [0.3, 0.4) is 0 Å². The highest BCUT2D eigenvalue weighted by atomic mass is 15.2. The molecule has 6 heteroatoms. The number of rotatable bonds is 0. The predicted molar refractivity (Wildman–Crippen MR) is 40.5 cm³/mol. The Morgan fingerprint density at radius 1 is 1.36 bits per heavy atom. The molecule has 2 aromatic heterocycles. The lowest BCUT2D eigenvalue weighted by molar-refractivity contribution is 1.12. The Labute approximate surface area is 61.6 Å². The molecule has 5 N–H and O–H groups in total. The highest BCUT2D eigenvalue weighted by Gasteiger charge is 2.02. The van der Waals surface area contributed by atoms with Crippen molar-refractivity contribution in [2.75, 3.05) is 11.5 Å². The monoisotopic (exact) mass is 150 g/mol. The molecule has 0 atom stereocenters. The van der Waals surface area contributed by atoms with E-state index in [2.05, 4.69) is 20.2 Å². The molecule has 0 spiro atoms. The molecule has 0 fully saturated rings. The van der Waals surface area contributed by atoms with Crippen molar-refractivity contribution >= 4 is 22.8 Å². The molecule has 0 aliphatic carbocycles. The lowest BCUT2D eigenvalue weighted by Crippen LogP contribution is -1.94. The first-order chi connectivity index (χ1) is 5.27. The molecular weight excluding hydrogens is 144 g/mol. The van der Waals surface area contributed by atoms with Crippen LogP contribution >= 0.6 is 0 Å². The minimum absolute atomic E-state index is 0.200. The zero-order chi connectivity index (χ0) is 7.84. The van der Waals surface area contributed by atoms with Crippen LogP contribution in [-0.4, -0.2) is 20.2 Å². The molecule has 0 aromatic carbocycles. The van der Waals surface area contributed by atoms with Crippen molar-refractivity contribution < 1.29 is 0 Å². The molecule has 11 heavy (non-hydrogen) atoms. The summed E-state index contributed by atoms with van der Waals surface area (Å²) in [6.45, 7) is 0. The van der Waals surface area contributed by atoms with Gasteiger partial charge in [-0.1, -0.05) is 0 Å². The van der Waals surface area contributed by atoms with Gasteiger partial charge < -0.3 is 11.5 Å². The summed E-state index contributed by atoms with van der Waals surface area (Å²) in [5, 5.41) is 6.39. The summed E-state index contributed by atoms with van der Waals surface area (Å²) in [6.07, 6.45) is 1.54. The molecule has 56 valence electrons. The first-order valence-electron chi connectivity index (χ1n) is 2.99. The van der Waals surface area contributed by atoms with E-state index in [0.29, 0.717) is 16.9 Å². The molecule has 2 rings (SSSR count). The van der Waals surface area contributed by atoms with Crippen molar-refractivity contribution in [2.45, 2.75) is 0 Å². The summed E-state index contributed by atoms with van der Waals surface area (Å²) in [4.78, 5) is 7.64. The number of hydrogen-bond acceptors (Lipinski definition) is 5. The summed E-state index contributed by atoms with van der Waals surface area (Å²) in [5.41, 5.74) is 12.0. The average Bonchev–Trinajstić information content (AvgIpc) is 2.33. The van der Waals surface area contributed by atoms with Crippen molar-refractivity contribution in [1.29, 1.82) is 0 Å². The van der Waals surface area contributed by atoms with Gasteiger partial charge in [-0.25, -0.2) is 9.97 Å². The second kappa shape index (κ2) is 1.82. The molecule has 0 amide bonds. The Morgan fingerprint density at radius 2 is 2.18 bits per heavy atom. The maximum Gasteiger partial charge on any atom is 0.220 e. The lowest BCUT2D eigenvalue weighted by atomic mass is 10.4. The number of aromatic nitrogens is 4. The van der Waals surface area contributed by atoms with E-state index < -0.39 is 0 Å². The van der Waals surface area contributed by atoms with Gasteiger partial charge in [0.1, 0.15) is 11.0 Å². The van der Waals surface area contributed by atoms with Gasteiger partial charge in [-0.2, -0.15) is 5.10 Å². The van der Waals surface area contributed by atoms with E-state index >= 15 is 0 Å². The van der Waals surface area contributed by atoms with E-state index in [4.69, 9.17) is 11.5 Å². The summed E-state index contributed by atoms with van der Waals surface area (Å²) < 4.78 is 0. The highest BCUT2D eigenvalue weighted by Crippen LogP contribution is 2.13. The molecule has 0 saturated carbocycles. The van der Waals surface area contributed by atoms with Crippen LogP contribution in [0.25, 0.3) is 11.0 Å². The second-order valence-corrected chi connectivity index (χ2v) is 2.10. The Hall–Kier alpha value is -1.85. The van der Waals surface area contributed by atoms with Gasteiger partial charge in [0.2, 0.25) is 5.95 Å². The number of nitrogens with one attached hydrogen (secondary N) is 1. The normalized spacial score (nSPS) is 10.5. The molecule has 2 aromatic rings. The number of H-pyrrole nitrogens is 1. The third-order valence-electron chi connectivity index (χ3n) is 1.35. The Bertz CT molecular complexity index is 391. The van der Waals surface area contributed by atoms with Gasteiger partial charge in [-0.15, -0.1) is 0 Å². The quantitative estimate of drug-likeness (QED) is 0.470. The summed E-state index contributed by atoms with van der Waals surface area (Å²) in [7, 11) is 0. The lowest BCUT2D eigenvalue weighted by Gasteiger charge is -1.89. The van der Waals surface area contributed by atoms with Crippen molar-refractivity contribution in [3.05, 3.63) is 6.20 Å². The Kier molecular flexibility index (Phi) is 0.974. The van der Waals surface area contributed by atoms with E-state index in [-0.39, 0.29) is 5.95 Å². The summed E-state index contributed by atoms with van der Waals surface area (Å²) >= 11 is 0. The molecule has 0 bridgehead atoms. The van der Waals surface area contributed by atoms with Crippen LogP contribution in [0.1, 0.15) is 0 Å². The topological polar surface area (TPSA) is 106 Å². The molecule has 6 nitrogen and oxygen atoms in total. The number of nitrogen functional groups attached to an aromatic ring is 2. The van der Waals surface area contributed by atoms with Crippen LogP contribution < -0.4 is 11.5 Å². The smallest absolute Gasteiger partial charge is 0.220 e. The van der Waals surface area contributed by atoms with Crippen LogP contribution in [0, 0.1) is 0 Å². The van der Waals surface area contributed by atoms with Crippen molar-refractivity contribution in [2.24, 2.45) is 0 Å². The minimum Gasteiger partial charge on any atom is -0.380 e. The van der Waals surface area contributed by atoms with Gasteiger partial charge in [0, 0.05) is 0 Å². The number of hydrogen-bond donors (Lipinski definition) is 3. The van der Waals surface area contributed by atoms with E-state index in [0.717, 1.165) is 0 Å². The molecule has 0 aliphatic heterocycles. The third kappa shape index (κ3) is 0.759. The SMILES string of the molecule is Nc1ncc2[nH]nc(N)c2n1. The van der Waals surface area contributed by atoms with Crippen molar-refractivity contribution in [3.63, 3.8) is 0 Å². The second-order valence-electron chi connectivity index (χ2n) is 2.10. The Balaban J connectivity index is 2.87. The van der Waals surface area contributed by atoms with Gasteiger partial charge in [0.05, 0.1) is 6.20 Å². The molecule has 0 unspecified atom stereocenters. The largest absolute Gasteiger partial charge is 0.380 e. The average molecular weight is 150 g/mol. The van der Waals surface area contributed by atoms with Gasteiger partial charge >= 0.3 is 0 Å². The highest BCUT2D eigenvalue weighted by molar-refractivity contribution is 5.84. The Morgan fingerprint density at radius 3 is 3.00 bits per heavy atom. The van der Waals surface area contributed by atoms with Crippen LogP contribution in [0.2, 0.25) is 0 Å². The number of nitrogens with two attached hydrogens (primary N) is 2. The first-order valence-corrected chi connectivity index (χ1v) is 2.99. The van der Waals surface area contributed by atoms with Gasteiger partial charge in [-0.3, -0.25) is 5.10 Å². The molecule has 2 heterocycles. The number of nitrogens with zero attached hydrogens (tertiary/aromatic N) is 3. The van der Waals surface area contributed by atoms with E-state index in [9.17, 15) is 0 Å². The molecule has 0 saturated heterocycles. The molecule has 0 aliphatic rings. The van der Waals surface area contributed by atoms with Crippen molar-refractivity contribution in [1.82, 2.24) is 20.2 Å².